The predicted molar refractivity (Wildman–Crippen MR) is 127 cm³/mol. The van der Waals surface area contributed by atoms with Crippen LogP contribution < -0.4 is 15.0 Å². The molecule has 0 bridgehead atoms. The highest BCUT2D eigenvalue weighted by molar-refractivity contribution is 6.06. The van der Waals surface area contributed by atoms with Crippen LogP contribution >= 0.6 is 0 Å². The minimum absolute atomic E-state index is 0.00595. The first-order chi connectivity index (χ1) is 16.5. The summed E-state index contributed by atoms with van der Waals surface area (Å²) < 4.78 is 27.4. The lowest BCUT2D eigenvalue weighted by atomic mass is 9.84. The zero-order valence-electron chi connectivity index (χ0n) is 20.7. The van der Waals surface area contributed by atoms with Crippen molar-refractivity contribution in [2.45, 2.75) is 59.3 Å². The van der Waals surface area contributed by atoms with Crippen molar-refractivity contribution in [2.24, 2.45) is 0 Å². The van der Waals surface area contributed by atoms with Gasteiger partial charge in [0.15, 0.2) is 5.82 Å². The molecule has 1 aromatic heterocycles. The van der Waals surface area contributed by atoms with E-state index < -0.39 is 28.1 Å². The number of allylic oxidation sites excluding steroid dienone is 1. The molecule has 1 N–H and O–H groups in total. The van der Waals surface area contributed by atoms with Crippen LogP contribution in [0.2, 0.25) is 0 Å². The van der Waals surface area contributed by atoms with E-state index in [0.29, 0.717) is 11.3 Å². The first-order valence-electron chi connectivity index (χ1n) is 11.4. The van der Waals surface area contributed by atoms with Crippen molar-refractivity contribution in [2.75, 3.05) is 18.6 Å². The summed E-state index contributed by atoms with van der Waals surface area (Å²) in [6, 6.07) is 0.798. The maximum Gasteiger partial charge on any atom is 0.328 e. The van der Waals surface area contributed by atoms with Crippen molar-refractivity contribution in [1.29, 1.82) is 0 Å². The van der Waals surface area contributed by atoms with Gasteiger partial charge in [0.25, 0.3) is 0 Å². The summed E-state index contributed by atoms with van der Waals surface area (Å²) in [5.74, 6) is -0.747. The number of urea groups is 1. The van der Waals surface area contributed by atoms with Crippen LogP contribution in [0.15, 0.2) is 16.2 Å². The number of carbonyl (C=O) groups is 2. The largest absolute Gasteiger partial charge is 0.495 e. The number of amides is 3. The minimum atomic E-state index is -0.804. The summed E-state index contributed by atoms with van der Waals surface area (Å²) in [4.78, 5) is 40.2. The van der Waals surface area contributed by atoms with Crippen LogP contribution in [0.5, 0.6) is 5.75 Å². The van der Waals surface area contributed by atoms with Gasteiger partial charge in [-0.3, -0.25) is 25.1 Å². The molecule has 4 rings (SSSR count). The normalized spacial score (nSPS) is 15.5. The smallest absolute Gasteiger partial charge is 0.328 e. The number of aryl methyl sites for hydroxylation is 1. The Morgan fingerprint density at radius 1 is 1.23 bits per heavy atom. The minimum Gasteiger partial charge on any atom is -0.495 e. The molecule has 1 aliphatic carbocycles. The monoisotopic (exact) mass is 488 g/mol. The predicted octanol–water partition coefficient (Wildman–Crippen LogP) is 4.82. The first kappa shape index (κ1) is 25.9. The van der Waals surface area contributed by atoms with Crippen LogP contribution in [0.3, 0.4) is 0 Å². The third-order valence-corrected chi connectivity index (χ3v) is 5.64. The Hall–Kier alpha value is -3.76. The molecule has 0 spiro atoms. The van der Waals surface area contributed by atoms with E-state index >= 15 is 4.39 Å². The molecule has 1 fully saturated rings. The zero-order chi connectivity index (χ0) is 26.1. The van der Waals surface area contributed by atoms with Crippen LogP contribution in [-0.2, 0) is 16.6 Å². The number of nitrogens with one attached hydrogen (secondary N) is 1. The van der Waals surface area contributed by atoms with Gasteiger partial charge in [-0.1, -0.05) is 34.6 Å². The Morgan fingerprint density at radius 2 is 1.91 bits per heavy atom. The van der Waals surface area contributed by atoms with Gasteiger partial charge in [0.05, 0.1) is 17.7 Å². The van der Waals surface area contributed by atoms with Gasteiger partial charge >= 0.3 is 6.03 Å². The standard InChI is InChI=1S/C22H23FN4O6.C2H6/c1-22(2,3)12-10-14(26-8-7-16(28)25-21(26)29)18(23)17(19(12)32-4)20-24-13-9-11(27(30)31)5-6-15(13)33-20;1-2/h9-10H,5-8H2,1-4H3,(H,25,28,29);1-2H3. The van der Waals surface area contributed by atoms with Gasteiger partial charge in [-0.25, -0.2) is 14.2 Å². The van der Waals surface area contributed by atoms with Crippen LogP contribution in [0, 0.1) is 15.9 Å². The first-order valence-corrected chi connectivity index (χ1v) is 11.4. The molecular formula is C24H29FN4O6. The van der Waals surface area contributed by atoms with E-state index in [0.717, 1.165) is 4.90 Å². The van der Waals surface area contributed by atoms with Crippen LogP contribution in [0.25, 0.3) is 17.5 Å². The molecule has 0 radical (unpaired) electrons. The molecule has 0 unspecified atom stereocenters. The molecule has 1 aromatic carbocycles. The number of hydrogen-bond donors (Lipinski definition) is 1. The highest BCUT2D eigenvalue weighted by atomic mass is 19.1. The van der Waals surface area contributed by atoms with Crippen molar-refractivity contribution >= 4 is 23.7 Å². The van der Waals surface area contributed by atoms with Crippen molar-refractivity contribution in [1.82, 2.24) is 10.3 Å². The molecule has 10 nitrogen and oxygen atoms in total. The number of benzene rings is 1. The second kappa shape index (κ2) is 9.85. The molecule has 0 saturated carbocycles. The number of oxazole rings is 1. The number of hydrogen-bond acceptors (Lipinski definition) is 7. The number of ether oxygens (including phenoxy) is 1. The number of fused-ring (bicyclic) bond motifs is 1. The van der Waals surface area contributed by atoms with Gasteiger partial charge in [-0.05, 0) is 11.5 Å². The van der Waals surface area contributed by atoms with Gasteiger partial charge in [0, 0.05) is 37.4 Å². The molecule has 35 heavy (non-hydrogen) atoms. The Labute approximate surface area is 202 Å². The summed E-state index contributed by atoms with van der Waals surface area (Å²) in [6.45, 7) is 9.72. The van der Waals surface area contributed by atoms with E-state index in [-0.39, 0.29) is 60.1 Å². The highest BCUT2D eigenvalue weighted by Gasteiger charge is 2.35. The van der Waals surface area contributed by atoms with E-state index in [1.165, 1.54) is 19.3 Å². The van der Waals surface area contributed by atoms with Crippen LogP contribution in [0.1, 0.15) is 64.5 Å². The van der Waals surface area contributed by atoms with Crippen molar-refractivity contribution in [3.8, 4) is 17.2 Å². The Balaban J connectivity index is 0.00000167. The van der Waals surface area contributed by atoms with E-state index in [4.69, 9.17) is 9.15 Å². The van der Waals surface area contributed by atoms with Gasteiger partial charge in [-0.15, -0.1) is 0 Å². The fourth-order valence-electron chi connectivity index (χ4n) is 3.96. The lowest BCUT2D eigenvalue weighted by Crippen LogP contribution is -2.50. The molecular weight excluding hydrogens is 459 g/mol. The summed E-state index contributed by atoms with van der Waals surface area (Å²) in [6.07, 6.45) is 1.76. The fraction of sp³-hybridized carbons (Fsp3) is 0.458. The molecule has 2 aliphatic rings. The van der Waals surface area contributed by atoms with E-state index in [9.17, 15) is 19.7 Å². The average molecular weight is 489 g/mol. The maximum atomic E-state index is 16.0. The second-order valence-corrected chi connectivity index (χ2v) is 8.89. The van der Waals surface area contributed by atoms with Gasteiger partial charge in [0.2, 0.25) is 17.5 Å². The second-order valence-electron chi connectivity index (χ2n) is 8.89. The van der Waals surface area contributed by atoms with Gasteiger partial charge in [0.1, 0.15) is 22.8 Å². The Bertz CT molecular complexity index is 1210. The maximum absolute atomic E-state index is 16.0. The zero-order valence-corrected chi connectivity index (χ0v) is 20.7. The highest BCUT2D eigenvalue weighted by Crippen LogP contribution is 2.45. The lowest BCUT2D eigenvalue weighted by molar-refractivity contribution is -0.426. The van der Waals surface area contributed by atoms with Crippen LogP contribution in [-0.4, -0.2) is 35.5 Å². The molecule has 1 saturated heterocycles. The van der Waals surface area contributed by atoms with E-state index in [1.807, 2.05) is 34.6 Å². The quantitative estimate of drug-likeness (QED) is 0.482. The third kappa shape index (κ3) is 4.89. The molecule has 188 valence electrons. The van der Waals surface area contributed by atoms with Gasteiger partial charge < -0.3 is 9.15 Å². The number of halogens is 1. The topological polar surface area (TPSA) is 128 Å². The number of nitro groups is 1. The third-order valence-electron chi connectivity index (χ3n) is 5.64. The summed E-state index contributed by atoms with van der Waals surface area (Å²) in [7, 11) is 1.40. The number of imide groups is 1. The SMILES string of the molecule is CC.COc1c(C(C)(C)C)cc(N2CCC(=O)NC2=O)c(F)c1-c1nc2c(o1)CCC([N+](=O)[O-])=C2. The van der Waals surface area contributed by atoms with Crippen molar-refractivity contribution < 1.29 is 28.1 Å². The van der Waals surface area contributed by atoms with E-state index in [2.05, 4.69) is 10.3 Å². The summed E-state index contributed by atoms with van der Waals surface area (Å²) >= 11 is 0. The van der Waals surface area contributed by atoms with Gasteiger partial charge in [-0.2, -0.15) is 0 Å². The lowest BCUT2D eigenvalue weighted by Gasteiger charge is -2.30. The summed E-state index contributed by atoms with van der Waals surface area (Å²) in [5.41, 5.74) is 0.199. The number of methoxy groups -OCH3 is 1. The Morgan fingerprint density at radius 3 is 2.49 bits per heavy atom. The number of nitrogens with zero attached hydrogens (tertiary/aromatic N) is 3. The van der Waals surface area contributed by atoms with Crippen molar-refractivity contribution in [3.63, 3.8) is 0 Å². The molecule has 2 heterocycles. The molecule has 1 aliphatic heterocycles. The molecule has 11 heteroatoms. The Kier molecular flexibility index (Phi) is 7.27. The average Bonchev–Trinajstić information content (AvgIpc) is 3.22. The molecule has 2 aromatic rings. The fourth-order valence-corrected chi connectivity index (χ4v) is 3.96. The number of anilines is 1. The number of aromatic nitrogens is 1. The van der Waals surface area contributed by atoms with Crippen LogP contribution in [0.4, 0.5) is 14.9 Å². The molecule has 3 amide bonds. The summed E-state index contributed by atoms with van der Waals surface area (Å²) in [5, 5.41) is 13.4. The van der Waals surface area contributed by atoms with E-state index in [1.54, 1.807) is 0 Å². The van der Waals surface area contributed by atoms with Crippen molar-refractivity contribution in [3.05, 3.63) is 44.7 Å². The number of rotatable bonds is 4. The molecule has 0 atom stereocenters. The number of carbonyl (C=O) groups excluding carboxylic acids is 2.